The molecule has 3 rings (SSSR count). The Kier molecular flexibility index (Phi) is 4.30. The Labute approximate surface area is 144 Å². The van der Waals surface area contributed by atoms with Crippen molar-refractivity contribution in [2.24, 2.45) is 0 Å². The summed E-state index contributed by atoms with van der Waals surface area (Å²) in [6.07, 6.45) is 0. The second-order valence-electron chi connectivity index (χ2n) is 5.68. The first-order valence-electron chi connectivity index (χ1n) is 7.46. The van der Waals surface area contributed by atoms with E-state index in [-0.39, 0.29) is 4.90 Å². The molecular formula is C17H16FN3O3S. The summed E-state index contributed by atoms with van der Waals surface area (Å²) in [6.45, 7) is 4.98. The average Bonchev–Trinajstić information content (AvgIpc) is 2.97. The standard InChI is InChI=1S/C17H16FN3O3S/c1-10-4-5-13(17-19-12(3)24-20-17)9-16(10)25(22,23)21-15-7-6-14(18)8-11(15)2/h4-9,21H,1-3H3. The van der Waals surface area contributed by atoms with Gasteiger partial charge < -0.3 is 4.52 Å². The quantitative estimate of drug-likeness (QED) is 0.767. The fourth-order valence-corrected chi connectivity index (χ4v) is 3.79. The van der Waals surface area contributed by atoms with E-state index < -0.39 is 15.8 Å². The van der Waals surface area contributed by atoms with Crippen molar-refractivity contribution in [3.05, 3.63) is 59.2 Å². The molecule has 0 amide bonds. The van der Waals surface area contributed by atoms with Crippen molar-refractivity contribution in [2.75, 3.05) is 4.72 Å². The number of aromatic nitrogens is 2. The first kappa shape index (κ1) is 17.1. The SMILES string of the molecule is Cc1nc(-c2ccc(C)c(S(=O)(=O)Nc3ccc(F)cc3C)c2)no1. The minimum absolute atomic E-state index is 0.0937. The number of halogens is 1. The first-order chi connectivity index (χ1) is 11.8. The highest BCUT2D eigenvalue weighted by molar-refractivity contribution is 7.92. The van der Waals surface area contributed by atoms with E-state index in [0.29, 0.717) is 34.1 Å². The summed E-state index contributed by atoms with van der Waals surface area (Å²) in [7, 11) is -3.86. The lowest BCUT2D eigenvalue weighted by Gasteiger charge is -2.13. The maximum absolute atomic E-state index is 13.2. The second kappa shape index (κ2) is 6.29. The minimum atomic E-state index is -3.86. The molecule has 0 fully saturated rings. The maximum Gasteiger partial charge on any atom is 0.262 e. The van der Waals surface area contributed by atoms with Gasteiger partial charge in [0.05, 0.1) is 10.6 Å². The number of hydrogen-bond acceptors (Lipinski definition) is 5. The number of nitrogens with one attached hydrogen (secondary N) is 1. The summed E-state index contributed by atoms with van der Waals surface area (Å²) in [5, 5.41) is 3.80. The van der Waals surface area contributed by atoms with Gasteiger partial charge in [-0.15, -0.1) is 0 Å². The molecule has 0 unspecified atom stereocenters. The molecule has 8 heteroatoms. The summed E-state index contributed by atoms with van der Waals surface area (Å²) in [4.78, 5) is 4.20. The molecule has 6 nitrogen and oxygen atoms in total. The van der Waals surface area contributed by atoms with Gasteiger partial charge in [0.25, 0.3) is 10.0 Å². The van der Waals surface area contributed by atoms with Gasteiger partial charge in [0.2, 0.25) is 11.7 Å². The van der Waals surface area contributed by atoms with Gasteiger partial charge in [0, 0.05) is 12.5 Å². The molecule has 0 aliphatic rings. The molecule has 130 valence electrons. The number of rotatable bonds is 4. The van der Waals surface area contributed by atoms with Crippen LogP contribution in [-0.4, -0.2) is 18.6 Å². The predicted octanol–water partition coefficient (Wildman–Crippen LogP) is 3.60. The zero-order valence-corrected chi connectivity index (χ0v) is 14.7. The predicted molar refractivity (Wildman–Crippen MR) is 91.2 cm³/mol. The third-order valence-corrected chi connectivity index (χ3v) is 5.20. The Morgan fingerprint density at radius 2 is 1.80 bits per heavy atom. The van der Waals surface area contributed by atoms with Crippen LogP contribution in [0.25, 0.3) is 11.4 Å². The molecule has 0 atom stereocenters. The van der Waals surface area contributed by atoms with Crippen LogP contribution in [-0.2, 0) is 10.0 Å². The van der Waals surface area contributed by atoms with Crippen LogP contribution in [0.15, 0.2) is 45.8 Å². The molecule has 0 aliphatic carbocycles. The first-order valence-corrected chi connectivity index (χ1v) is 8.95. The number of hydrogen-bond donors (Lipinski definition) is 1. The van der Waals surface area contributed by atoms with E-state index in [1.165, 1.54) is 24.3 Å². The van der Waals surface area contributed by atoms with Crippen LogP contribution in [0.5, 0.6) is 0 Å². The van der Waals surface area contributed by atoms with Crippen molar-refractivity contribution in [1.29, 1.82) is 0 Å². The highest BCUT2D eigenvalue weighted by Crippen LogP contribution is 2.26. The number of anilines is 1. The number of aryl methyl sites for hydroxylation is 3. The van der Waals surface area contributed by atoms with E-state index in [0.717, 1.165) is 0 Å². The molecular weight excluding hydrogens is 345 g/mol. The Morgan fingerprint density at radius 3 is 2.44 bits per heavy atom. The largest absolute Gasteiger partial charge is 0.339 e. The third kappa shape index (κ3) is 3.53. The zero-order valence-electron chi connectivity index (χ0n) is 13.9. The minimum Gasteiger partial charge on any atom is -0.339 e. The molecule has 1 heterocycles. The summed E-state index contributed by atoms with van der Waals surface area (Å²) >= 11 is 0. The fraction of sp³-hybridized carbons (Fsp3) is 0.176. The van der Waals surface area contributed by atoms with Crippen molar-refractivity contribution in [3.63, 3.8) is 0 Å². The molecule has 0 aliphatic heterocycles. The Balaban J connectivity index is 2.01. The van der Waals surface area contributed by atoms with Crippen molar-refractivity contribution < 1.29 is 17.3 Å². The van der Waals surface area contributed by atoms with E-state index in [1.54, 1.807) is 32.9 Å². The van der Waals surface area contributed by atoms with Crippen molar-refractivity contribution in [2.45, 2.75) is 25.7 Å². The number of benzene rings is 2. The Morgan fingerprint density at radius 1 is 1.04 bits per heavy atom. The summed E-state index contributed by atoms with van der Waals surface area (Å²) in [5.41, 5.74) is 1.91. The molecule has 0 spiro atoms. The lowest BCUT2D eigenvalue weighted by atomic mass is 10.1. The van der Waals surface area contributed by atoms with Crippen molar-refractivity contribution in [3.8, 4) is 11.4 Å². The Bertz CT molecular complexity index is 1050. The van der Waals surface area contributed by atoms with Crippen LogP contribution >= 0.6 is 0 Å². The molecule has 0 saturated heterocycles. The van der Waals surface area contributed by atoms with Crippen LogP contribution in [0.1, 0.15) is 17.0 Å². The third-order valence-electron chi connectivity index (χ3n) is 3.70. The molecule has 25 heavy (non-hydrogen) atoms. The maximum atomic E-state index is 13.2. The normalized spacial score (nSPS) is 11.5. The Hall–Kier alpha value is -2.74. The van der Waals surface area contributed by atoms with Crippen LogP contribution in [0.2, 0.25) is 0 Å². The van der Waals surface area contributed by atoms with Crippen LogP contribution in [0, 0.1) is 26.6 Å². The van der Waals surface area contributed by atoms with Gasteiger partial charge in [-0.25, -0.2) is 12.8 Å². The van der Waals surface area contributed by atoms with Gasteiger partial charge in [0.1, 0.15) is 5.82 Å². The van der Waals surface area contributed by atoms with Crippen LogP contribution < -0.4 is 4.72 Å². The number of sulfonamides is 1. The smallest absolute Gasteiger partial charge is 0.262 e. The van der Waals surface area contributed by atoms with Gasteiger partial charge in [0.15, 0.2) is 0 Å². The molecule has 2 aromatic carbocycles. The lowest BCUT2D eigenvalue weighted by Crippen LogP contribution is -2.15. The monoisotopic (exact) mass is 361 g/mol. The van der Waals surface area contributed by atoms with Crippen molar-refractivity contribution in [1.82, 2.24) is 10.1 Å². The van der Waals surface area contributed by atoms with Gasteiger partial charge in [-0.2, -0.15) is 4.98 Å². The van der Waals surface area contributed by atoms with Gasteiger partial charge in [-0.1, -0.05) is 17.3 Å². The highest BCUT2D eigenvalue weighted by atomic mass is 32.2. The molecule has 1 N–H and O–H groups in total. The van der Waals surface area contributed by atoms with Gasteiger partial charge in [-0.3, -0.25) is 4.72 Å². The van der Waals surface area contributed by atoms with Gasteiger partial charge in [-0.05, 0) is 49.2 Å². The van der Waals surface area contributed by atoms with E-state index in [1.807, 2.05) is 0 Å². The van der Waals surface area contributed by atoms with E-state index in [2.05, 4.69) is 14.9 Å². The molecule has 0 radical (unpaired) electrons. The van der Waals surface area contributed by atoms with Gasteiger partial charge >= 0.3 is 0 Å². The molecule has 0 saturated carbocycles. The molecule has 1 aromatic heterocycles. The average molecular weight is 361 g/mol. The zero-order chi connectivity index (χ0) is 18.2. The number of nitrogens with zero attached hydrogens (tertiary/aromatic N) is 2. The van der Waals surface area contributed by atoms with Crippen molar-refractivity contribution >= 4 is 15.7 Å². The van der Waals surface area contributed by atoms with E-state index >= 15 is 0 Å². The van der Waals surface area contributed by atoms with Crippen LogP contribution in [0.4, 0.5) is 10.1 Å². The topological polar surface area (TPSA) is 85.1 Å². The van der Waals surface area contributed by atoms with E-state index in [9.17, 15) is 12.8 Å². The van der Waals surface area contributed by atoms with E-state index in [4.69, 9.17) is 4.52 Å². The summed E-state index contributed by atoms with van der Waals surface area (Å²) < 4.78 is 46.2. The molecule has 0 bridgehead atoms. The van der Waals surface area contributed by atoms with Crippen LogP contribution in [0.3, 0.4) is 0 Å². The lowest BCUT2D eigenvalue weighted by molar-refractivity contribution is 0.394. The summed E-state index contributed by atoms with van der Waals surface area (Å²) in [6, 6.07) is 8.75. The molecule has 3 aromatic rings. The fourth-order valence-electron chi connectivity index (χ4n) is 2.39. The summed E-state index contributed by atoms with van der Waals surface area (Å²) in [5.74, 6) is 0.276. The second-order valence-corrected chi connectivity index (χ2v) is 7.33. The highest BCUT2D eigenvalue weighted by Gasteiger charge is 2.20.